The molecule has 0 unspecified atom stereocenters. The Bertz CT molecular complexity index is 369. The first-order chi connectivity index (χ1) is 10.2. The second-order valence-electron chi connectivity index (χ2n) is 4.97. The molecular weight excluding hydrogens is 276 g/mol. The minimum atomic E-state index is -0.410. The number of methoxy groups -OCH3 is 2. The average molecular weight is 298 g/mol. The van der Waals surface area contributed by atoms with Crippen molar-refractivity contribution in [3.05, 3.63) is 24.5 Å². The van der Waals surface area contributed by atoms with E-state index in [4.69, 9.17) is 23.7 Å². The monoisotopic (exact) mass is 298 g/mol. The van der Waals surface area contributed by atoms with Gasteiger partial charge in [-0.05, 0) is 0 Å². The molecular formula is C15H22O6. The van der Waals surface area contributed by atoms with Crippen LogP contribution >= 0.6 is 0 Å². The fourth-order valence-electron chi connectivity index (χ4n) is 2.65. The van der Waals surface area contributed by atoms with Gasteiger partial charge in [-0.3, -0.25) is 4.79 Å². The Morgan fingerprint density at radius 1 is 1.00 bits per heavy atom. The van der Waals surface area contributed by atoms with Gasteiger partial charge in [-0.15, -0.1) is 0 Å². The Labute approximate surface area is 124 Å². The molecule has 0 aromatic carbocycles. The van der Waals surface area contributed by atoms with Gasteiger partial charge < -0.3 is 23.7 Å². The number of esters is 1. The summed E-state index contributed by atoms with van der Waals surface area (Å²) in [6.07, 6.45) is 3.40. The minimum absolute atomic E-state index is 0.176. The third-order valence-corrected chi connectivity index (χ3v) is 3.65. The molecule has 2 aliphatic heterocycles. The van der Waals surface area contributed by atoms with E-state index in [0.29, 0.717) is 25.6 Å². The highest BCUT2D eigenvalue weighted by atomic mass is 16.6. The van der Waals surface area contributed by atoms with Gasteiger partial charge in [-0.25, -0.2) is 0 Å². The van der Waals surface area contributed by atoms with Gasteiger partial charge in [0.1, 0.15) is 13.2 Å². The topological polar surface area (TPSA) is 63.2 Å². The maximum Gasteiger partial charge on any atom is 0.312 e. The van der Waals surface area contributed by atoms with Gasteiger partial charge in [0.2, 0.25) is 0 Å². The van der Waals surface area contributed by atoms with Gasteiger partial charge in [0, 0.05) is 14.2 Å². The number of ether oxygens (including phenoxy) is 5. The van der Waals surface area contributed by atoms with Crippen LogP contribution in [0.2, 0.25) is 0 Å². The second-order valence-corrected chi connectivity index (χ2v) is 4.97. The molecule has 1 fully saturated rings. The first kappa shape index (κ1) is 16.0. The van der Waals surface area contributed by atoms with Crippen molar-refractivity contribution >= 4 is 5.97 Å². The average Bonchev–Trinajstić information content (AvgIpc) is 3.08. The van der Waals surface area contributed by atoms with E-state index in [9.17, 15) is 4.79 Å². The van der Waals surface area contributed by atoms with E-state index in [-0.39, 0.29) is 30.7 Å². The summed E-state index contributed by atoms with van der Waals surface area (Å²) in [6, 6.07) is 0. The number of hydrogen-bond donors (Lipinski definition) is 0. The molecule has 0 radical (unpaired) electrons. The van der Waals surface area contributed by atoms with Crippen LogP contribution in [-0.4, -0.2) is 58.8 Å². The van der Waals surface area contributed by atoms with Gasteiger partial charge >= 0.3 is 5.97 Å². The van der Waals surface area contributed by atoms with E-state index >= 15 is 0 Å². The van der Waals surface area contributed by atoms with Crippen LogP contribution in [0.4, 0.5) is 0 Å². The summed E-state index contributed by atoms with van der Waals surface area (Å²) in [5.74, 6) is -0.387. The summed E-state index contributed by atoms with van der Waals surface area (Å²) in [5.41, 5.74) is 0. The van der Waals surface area contributed by atoms with Crippen molar-refractivity contribution < 1.29 is 28.5 Å². The van der Waals surface area contributed by atoms with Gasteiger partial charge in [0.05, 0.1) is 43.0 Å². The molecule has 21 heavy (non-hydrogen) atoms. The molecule has 0 N–H and O–H groups in total. The molecule has 2 aliphatic rings. The predicted molar refractivity (Wildman–Crippen MR) is 74.6 cm³/mol. The third-order valence-electron chi connectivity index (χ3n) is 3.65. The van der Waals surface area contributed by atoms with Gasteiger partial charge in [-0.1, -0.05) is 18.7 Å². The minimum Gasteiger partial charge on any atom is -0.496 e. The Balaban J connectivity index is 1.95. The predicted octanol–water partition coefficient (Wildman–Crippen LogP) is 0.922. The molecule has 0 aliphatic carbocycles. The van der Waals surface area contributed by atoms with Crippen molar-refractivity contribution in [1.29, 1.82) is 0 Å². The van der Waals surface area contributed by atoms with Crippen LogP contribution in [0.5, 0.6) is 0 Å². The van der Waals surface area contributed by atoms with E-state index in [1.165, 1.54) is 0 Å². The van der Waals surface area contributed by atoms with E-state index in [0.717, 1.165) is 0 Å². The van der Waals surface area contributed by atoms with Crippen molar-refractivity contribution in [1.82, 2.24) is 0 Å². The summed E-state index contributed by atoms with van der Waals surface area (Å²) in [4.78, 5) is 12.2. The molecule has 0 saturated carbocycles. The molecule has 0 aromatic rings. The molecule has 2 heterocycles. The summed E-state index contributed by atoms with van der Waals surface area (Å²) < 4.78 is 26.3. The SMILES string of the molecule is C=C(OCCOC)[C@H]1[C@@H](C(=O)OCCOC)[C@@H]2C=C[C@H]1O2. The Morgan fingerprint density at radius 2 is 1.57 bits per heavy atom. The lowest BCUT2D eigenvalue weighted by Crippen LogP contribution is -2.34. The summed E-state index contributed by atoms with van der Waals surface area (Å²) in [7, 11) is 3.16. The molecule has 2 rings (SSSR count). The summed E-state index contributed by atoms with van der Waals surface area (Å²) >= 11 is 0. The highest BCUT2D eigenvalue weighted by molar-refractivity contribution is 5.75. The van der Waals surface area contributed by atoms with Crippen molar-refractivity contribution in [3.8, 4) is 0 Å². The van der Waals surface area contributed by atoms with Crippen LogP contribution in [0.25, 0.3) is 0 Å². The summed E-state index contributed by atoms with van der Waals surface area (Å²) in [6.45, 7) is 5.41. The van der Waals surface area contributed by atoms with Crippen LogP contribution < -0.4 is 0 Å². The number of hydrogen-bond acceptors (Lipinski definition) is 6. The largest absolute Gasteiger partial charge is 0.496 e. The highest BCUT2D eigenvalue weighted by Gasteiger charge is 2.52. The molecule has 4 atom stereocenters. The first-order valence-electron chi connectivity index (χ1n) is 6.99. The Kier molecular flexibility index (Phi) is 5.78. The molecule has 0 spiro atoms. The zero-order chi connectivity index (χ0) is 15.2. The third kappa shape index (κ3) is 3.64. The smallest absolute Gasteiger partial charge is 0.312 e. The van der Waals surface area contributed by atoms with E-state index in [1.807, 2.05) is 12.2 Å². The maximum atomic E-state index is 12.2. The van der Waals surface area contributed by atoms with Gasteiger partial charge in [0.15, 0.2) is 0 Å². The number of carbonyl (C=O) groups excluding carboxylic acids is 1. The van der Waals surface area contributed by atoms with Gasteiger partial charge in [0.25, 0.3) is 0 Å². The first-order valence-corrected chi connectivity index (χ1v) is 6.99. The lowest BCUT2D eigenvalue weighted by molar-refractivity contribution is -0.152. The van der Waals surface area contributed by atoms with Crippen LogP contribution in [0.3, 0.4) is 0 Å². The van der Waals surface area contributed by atoms with E-state index < -0.39 is 5.92 Å². The van der Waals surface area contributed by atoms with Crippen molar-refractivity contribution in [2.24, 2.45) is 11.8 Å². The van der Waals surface area contributed by atoms with Crippen molar-refractivity contribution in [3.63, 3.8) is 0 Å². The lowest BCUT2D eigenvalue weighted by atomic mass is 9.82. The fourth-order valence-corrected chi connectivity index (χ4v) is 2.65. The quantitative estimate of drug-likeness (QED) is 0.273. The number of rotatable bonds is 9. The van der Waals surface area contributed by atoms with Crippen LogP contribution in [0.1, 0.15) is 0 Å². The lowest BCUT2D eigenvalue weighted by Gasteiger charge is -2.25. The second kappa shape index (κ2) is 7.59. The molecule has 2 bridgehead atoms. The maximum absolute atomic E-state index is 12.2. The van der Waals surface area contributed by atoms with Crippen molar-refractivity contribution in [2.45, 2.75) is 12.2 Å². The number of fused-ring (bicyclic) bond motifs is 2. The molecule has 118 valence electrons. The van der Waals surface area contributed by atoms with Crippen LogP contribution in [0.15, 0.2) is 24.5 Å². The molecule has 1 saturated heterocycles. The standard InChI is InChI=1S/C15H22O6/c1-10(19-8-6-17-2)13-11-4-5-12(21-11)14(13)15(16)20-9-7-18-3/h4-5,11-14H,1,6-9H2,2-3H3/t11-,12+,13-,14+/m1/s1. The molecule has 0 amide bonds. The van der Waals surface area contributed by atoms with Crippen LogP contribution in [0, 0.1) is 11.8 Å². The van der Waals surface area contributed by atoms with Crippen LogP contribution in [-0.2, 0) is 28.5 Å². The summed E-state index contributed by atoms with van der Waals surface area (Å²) in [5, 5.41) is 0. The zero-order valence-corrected chi connectivity index (χ0v) is 12.4. The molecule has 0 aromatic heterocycles. The van der Waals surface area contributed by atoms with E-state index in [1.54, 1.807) is 14.2 Å². The Hall–Kier alpha value is -1.37. The Morgan fingerprint density at radius 3 is 2.19 bits per heavy atom. The normalized spacial score (nSPS) is 29.6. The fraction of sp³-hybridized carbons (Fsp3) is 0.667. The molecule has 6 nitrogen and oxygen atoms in total. The molecule has 6 heteroatoms. The zero-order valence-electron chi connectivity index (χ0n) is 12.4. The van der Waals surface area contributed by atoms with Crippen molar-refractivity contribution in [2.75, 3.05) is 40.6 Å². The number of carbonyl (C=O) groups is 1. The van der Waals surface area contributed by atoms with E-state index in [2.05, 4.69) is 6.58 Å². The van der Waals surface area contributed by atoms with Gasteiger partial charge in [-0.2, -0.15) is 0 Å². The highest BCUT2D eigenvalue weighted by Crippen LogP contribution is 2.43.